The lowest BCUT2D eigenvalue weighted by Gasteiger charge is -2.59. The Morgan fingerprint density at radius 2 is 1.57 bits per heavy atom. The van der Waals surface area contributed by atoms with Crippen molar-refractivity contribution in [1.82, 2.24) is 0 Å². The average Bonchev–Trinajstić information content (AvgIpc) is 3.34. The smallest absolute Gasteiger partial charge is 0.306 e. The Balaban J connectivity index is 1.11. The molecule has 5 heteroatoms. The standard InChI is InChI=1S/C39H62O5/c1-4-5-6-7-8-9-10-11-12-13-14-15-16-17-18-19-36(43)44-28-35(42)33-23-22-32-31-21-20-29-26-30(40)24-25-38(29,2)37(31)34(41)27-39(32,33)3/h11-12,26,31-34,37,41H,4-10,13-25,27-28H2,1-3H3/b12-11+. The molecule has 1 N–H and O–H groups in total. The van der Waals surface area contributed by atoms with Crippen LogP contribution in [-0.4, -0.2) is 35.4 Å². The fourth-order valence-electron chi connectivity index (χ4n) is 9.88. The van der Waals surface area contributed by atoms with Crippen LogP contribution in [-0.2, 0) is 19.1 Å². The Bertz CT molecular complexity index is 1030. The third-order valence-corrected chi connectivity index (χ3v) is 12.3. The molecule has 44 heavy (non-hydrogen) atoms. The molecule has 0 aliphatic heterocycles. The van der Waals surface area contributed by atoms with Crippen molar-refractivity contribution in [2.45, 2.75) is 162 Å². The third-order valence-electron chi connectivity index (χ3n) is 12.3. The molecule has 0 aromatic carbocycles. The van der Waals surface area contributed by atoms with E-state index < -0.39 is 6.10 Å². The molecule has 0 amide bonds. The third kappa shape index (κ3) is 8.53. The molecule has 0 bridgehead atoms. The van der Waals surface area contributed by atoms with Gasteiger partial charge in [-0.25, -0.2) is 0 Å². The van der Waals surface area contributed by atoms with Gasteiger partial charge in [-0.2, -0.15) is 0 Å². The maximum atomic E-state index is 13.4. The summed E-state index contributed by atoms with van der Waals surface area (Å²) in [6.07, 6.45) is 28.1. The second-order valence-corrected chi connectivity index (χ2v) is 15.3. The largest absolute Gasteiger partial charge is 0.458 e. The summed E-state index contributed by atoms with van der Waals surface area (Å²) in [5.74, 6) is 0.771. The van der Waals surface area contributed by atoms with Crippen molar-refractivity contribution in [2.75, 3.05) is 6.61 Å². The normalized spacial score (nSPS) is 33.0. The molecular weight excluding hydrogens is 548 g/mol. The molecule has 0 radical (unpaired) electrons. The Kier molecular flexibility index (Phi) is 13.3. The van der Waals surface area contributed by atoms with Crippen LogP contribution in [0.3, 0.4) is 0 Å². The Morgan fingerprint density at radius 1 is 0.909 bits per heavy atom. The molecule has 4 rings (SSSR count). The zero-order valence-electron chi connectivity index (χ0n) is 28.3. The molecule has 0 aromatic heterocycles. The molecule has 0 spiro atoms. The number of allylic oxidation sites excluding steroid dienone is 3. The van der Waals surface area contributed by atoms with Crippen molar-refractivity contribution >= 4 is 17.5 Å². The van der Waals surface area contributed by atoms with Crippen LogP contribution in [0.25, 0.3) is 0 Å². The lowest BCUT2D eigenvalue weighted by molar-refractivity contribution is -0.155. The lowest BCUT2D eigenvalue weighted by Crippen LogP contribution is -2.57. The van der Waals surface area contributed by atoms with Gasteiger partial charge >= 0.3 is 5.97 Å². The van der Waals surface area contributed by atoms with Crippen LogP contribution < -0.4 is 0 Å². The van der Waals surface area contributed by atoms with Gasteiger partial charge in [0.2, 0.25) is 0 Å². The van der Waals surface area contributed by atoms with Crippen molar-refractivity contribution in [3.63, 3.8) is 0 Å². The maximum absolute atomic E-state index is 13.4. The quantitative estimate of drug-likeness (QED) is 0.0950. The summed E-state index contributed by atoms with van der Waals surface area (Å²) in [6, 6.07) is 0. The minimum absolute atomic E-state index is 0.0319. The van der Waals surface area contributed by atoms with Crippen molar-refractivity contribution in [3.8, 4) is 0 Å². The van der Waals surface area contributed by atoms with Crippen molar-refractivity contribution in [3.05, 3.63) is 23.8 Å². The van der Waals surface area contributed by atoms with Crippen LogP contribution in [0.2, 0.25) is 0 Å². The molecular formula is C39H62O5. The first-order valence-electron chi connectivity index (χ1n) is 18.5. The molecule has 4 aliphatic rings. The molecule has 0 heterocycles. The van der Waals surface area contributed by atoms with Crippen molar-refractivity contribution in [1.29, 1.82) is 0 Å². The first-order valence-corrected chi connectivity index (χ1v) is 18.5. The van der Waals surface area contributed by atoms with E-state index in [1.807, 2.05) is 6.08 Å². The fourth-order valence-corrected chi connectivity index (χ4v) is 9.88. The Morgan fingerprint density at radius 3 is 2.27 bits per heavy atom. The van der Waals surface area contributed by atoms with Crippen LogP contribution in [0.15, 0.2) is 23.8 Å². The van der Waals surface area contributed by atoms with E-state index in [2.05, 4.69) is 32.9 Å². The highest BCUT2D eigenvalue weighted by atomic mass is 16.5. The molecule has 7 unspecified atom stereocenters. The monoisotopic (exact) mass is 610 g/mol. The number of aliphatic hydroxyl groups excluding tert-OH is 1. The van der Waals surface area contributed by atoms with E-state index in [0.29, 0.717) is 31.1 Å². The number of fused-ring (bicyclic) bond motifs is 5. The predicted octanol–water partition coefficient (Wildman–Crippen LogP) is 9.26. The number of hydrogen-bond donors (Lipinski definition) is 1. The zero-order chi connectivity index (χ0) is 31.6. The SMILES string of the molecule is CCCCCCCC/C=C/CCCCCCCC(=O)OCC(=O)C1CCC2C3CCC4=CC(=O)CCC4(C)C3C(O)CC12C. The van der Waals surface area contributed by atoms with E-state index in [1.165, 1.54) is 63.4 Å². The minimum Gasteiger partial charge on any atom is -0.458 e. The molecule has 0 aromatic rings. The first-order chi connectivity index (χ1) is 21.2. The van der Waals surface area contributed by atoms with Crippen LogP contribution in [0, 0.1) is 34.5 Å². The number of rotatable bonds is 18. The first kappa shape index (κ1) is 35.1. The van der Waals surface area contributed by atoms with E-state index in [1.54, 1.807) is 0 Å². The number of carbonyl (C=O) groups is 3. The maximum Gasteiger partial charge on any atom is 0.306 e. The van der Waals surface area contributed by atoms with Gasteiger partial charge in [0.1, 0.15) is 6.61 Å². The van der Waals surface area contributed by atoms with Crippen molar-refractivity contribution in [2.24, 2.45) is 34.5 Å². The summed E-state index contributed by atoms with van der Waals surface area (Å²) < 4.78 is 5.49. The van der Waals surface area contributed by atoms with Crippen LogP contribution >= 0.6 is 0 Å². The van der Waals surface area contributed by atoms with Crippen LogP contribution in [0.5, 0.6) is 0 Å². The lowest BCUT2D eigenvalue weighted by atomic mass is 9.46. The van der Waals surface area contributed by atoms with Crippen LogP contribution in [0.4, 0.5) is 0 Å². The number of ketones is 2. The molecule has 248 valence electrons. The van der Waals surface area contributed by atoms with E-state index in [9.17, 15) is 19.5 Å². The highest BCUT2D eigenvalue weighted by Crippen LogP contribution is 2.66. The number of hydrogen-bond acceptors (Lipinski definition) is 5. The topological polar surface area (TPSA) is 80.7 Å². The van der Waals surface area contributed by atoms with Gasteiger partial charge in [-0.15, -0.1) is 0 Å². The van der Waals surface area contributed by atoms with Gasteiger partial charge in [-0.3, -0.25) is 14.4 Å². The highest BCUT2D eigenvalue weighted by molar-refractivity contribution is 5.91. The van der Waals surface area contributed by atoms with E-state index in [4.69, 9.17) is 4.74 Å². The van der Waals surface area contributed by atoms with Gasteiger partial charge < -0.3 is 9.84 Å². The molecule has 5 nitrogen and oxygen atoms in total. The Labute approximate surface area is 268 Å². The number of ether oxygens (including phenoxy) is 1. The summed E-state index contributed by atoms with van der Waals surface area (Å²) in [5.41, 5.74) is 0.871. The number of esters is 1. The second-order valence-electron chi connectivity index (χ2n) is 15.3. The Hall–Kier alpha value is -1.75. The summed E-state index contributed by atoms with van der Waals surface area (Å²) in [6.45, 7) is 6.60. The number of carbonyl (C=O) groups excluding carboxylic acids is 3. The molecule has 0 saturated heterocycles. The second kappa shape index (κ2) is 16.7. The van der Waals surface area contributed by atoms with Gasteiger partial charge in [0, 0.05) is 18.8 Å². The average molecular weight is 611 g/mol. The number of aliphatic hydroxyl groups is 1. The minimum atomic E-state index is -0.472. The van der Waals surface area contributed by atoms with Gasteiger partial charge in [0.25, 0.3) is 0 Å². The highest BCUT2D eigenvalue weighted by Gasteiger charge is 2.62. The number of Topliss-reactive ketones (excluding diaryl/α,β-unsaturated/α-hetero) is 1. The molecule has 3 saturated carbocycles. The predicted molar refractivity (Wildman–Crippen MR) is 177 cm³/mol. The summed E-state index contributed by atoms with van der Waals surface area (Å²) >= 11 is 0. The summed E-state index contributed by atoms with van der Waals surface area (Å²) in [7, 11) is 0. The van der Waals surface area contributed by atoms with E-state index in [-0.39, 0.29) is 46.8 Å². The molecule has 3 fully saturated rings. The van der Waals surface area contributed by atoms with Gasteiger partial charge in [-0.1, -0.05) is 89.9 Å². The molecule has 7 atom stereocenters. The summed E-state index contributed by atoms with van der Waals surface area (Å²) in [4.78, 5) is 38.0. The van der Waals surface area contributed by atoms with Crippen LogP contribution in [0.1, 0.15) is 156 Å². The van der Waals surface area contributed by atoms with Crippen molar-refractivity contribution < 1.29 is 24.2 Å². The van der Waals surface area contributed by atoms with E-state index in [0.717, 1.165) is 57.8 Å². The number of unbranched alkanes of at least 4 members (excludes halogenated alkanes) is 11. The van der Waals surface area contributed by atoms with Gasteiger partial charge in [-0.05, 0) is 105 Å². The molecule has 4 aliphatic carbocycles. The van der Waals surface area contributed by atoms with Gasteiger partial charge in [0.05, 0.1) is 6.10 Å². The van der Waals surface area contributed by atoms with E-state index >= 15 is 0 Å². The summed E-state index contributed by atoms with van der Waals surface area (Å²) in [5, 5.41) is 11.6. The fraction of sp³-hybridized carbons (Fsp3) is 0.821. The zero-order valence-corrected chi connectivity index (χ0v) is 28.3. The van der Waals surface area contributed by atoms with Gasteiger partial charge in [0.15, 0.2) is 11.6 Å².